The van der Waals surface area contributed by atoms with Gasteiger partial charge in [0, 0.05) is 12.6 Å². The Morgan fingerprint density at radius 2 is 1.89 bits per heavy atom. The molecule has 100 valence electrons. The van der Waals surface area contributed by atoms with Crippen LogP contribution in [0.15, 0.2) is 30.3 Å². The van der Waals surface area contributed by atoms with E-state index in [1.807, 2.05) is 6.07 Å². The lowest BCUT2D eigenvalue weighted by molar-refractivity contribution is -0.185. The molecule has 0 bridgehead atoms. The van der Waals surface area contributed by atoms with Crippen molar-refractivity contribution in [1.29, 1.82) is 0 Å². The first kappa shape index (κ1) is 13.1. The molecule has 0 aromatic heterocycles. The van der Waals surface area contributed by atoms with Gasteiger partial charge in [-0.15, -0.1) is 0 Å². The maximum absolute atomic E-state index is 11.9. The zero-order valence-electron chi connectivity index (χ0n) is 10.6. The Bertz CT molecular complexity index is 515. The number of urea groups is 1. The fraction of sp³-hybridized carbons (Fsp3) is 0.308. The molecule has 2 rings (SSSR count). The molecule has 1 aromatic carbocycles. The average Bonchev–Trinajstić information content (AvgIpc) is 2.38. The van der Waals surface area contributed by atoms with E-state index in [2.05, 4.69) is 5.32 Å². The Labute approximate surface area is 110 Å². The van der Waals surface area contributed by atoms with Crippen molar-refractivity contribution in [2.45, 2.75) is 20.1 Å². The number of amides is 3. The van der Waals surface area contributed by atoms with Gasteiger partial charge < -0.3 is 10.1 Å². The highest BCUT2D eigenvalue weighted by atomic mass is 16.6. The standard InChI is InChI=1S/C13H14N2O4/c1-8-11(17)15(12(8)19-9(2)16)13(18)14-10-6-4-3-5-7-10/h3-8,12H,1-2H3,(H,14,18)/t8-,12-/m1/s1. The number of β-lactam (4-membered cyclic amide) rings is 1. The Kier molecular flexibility index (Phi) is 3.50. The number of rotatable bonds is 2. The van der Waals surface area contributed by atoms with Crippen molar-refractivity contribution in [3.63, 3.8) is 0 Å². The lowest BCUT2D eigenvalue weighted by Crippen LogP contribution is -2.64. The van der Waals surface area contributed by atoms with E-state index in [9.17, 15) is 14.4 Å². The van der Waals surface area contributed by atoms with Crippen LogP contribution in [0.2, 0.25) is 0 Å². The summed E-state index contributed by atoms with van der Waals surface area (Å²) < 4.78 is 4.95. The van der Waals surface area contributed by atoms with Gasteiger partial charge in [-0.3, -0.25) is 9.59 Å². The first-order chi connectivity index (χ1) is 9.00. The van der Waals surface area contributed by atoms with Crippen molar-refractivity contribution in [2.24, 2.45) is 5.92 Å². The molecule has 1 heterocycles. The van der Waals surface area contributed by atoms with Crippen LogP contribution < -0.4 is 5.32 Å². The molecule has 0 unspecified atom stereocenters. The number of esters is 1. The third kappa shape index (κ3) is 2.57. The van der Waals surface area contributed by atoms with Gasteiger partial charge in [-0.05, 0) is 19.1 Å². The summed E-state index contributed by atoms with van der Waals surface area (Å²) >= 11 is 0. The third-order valence-electron chi connectivity index (χ3n) is 2.84. The number of benzene rings is 1. The Balaban J connectivity index is 2.05. The molecule has 2 atom stereocenters. The average molecular weight is 262 g/mol. The Morgan fingerprint density at radius 1 is 1.26 bits per heavy atom. The van der Waals surface area contributed by atoms with Crippen molar-refractivity contribution < 1.29 is 19.1 Å². The second-order valence-electron chi connectivity index (χ2n) is 4.29. The predicted octanol–water partition coefficient (Wildman–Crippen LogP) is 1.59. The van der Waals surface area contributed by atoms with Gasteiger partial charge in [0.25, 0.3) is 0 Å². The predicted molar refractivity (Wildman–Crippen MR) is 67.0 cm³/mol. The number of nitrogens with zero attached hydrogens (tertiary/aromatic N) is 1. The number of imide groups is 1. The summed E-state index contributed by atoms with van der Waals surface area (Å²) in [5.41, 5.74) is 0.571. The Morgan fingerprint density at radius 3 is 2.47 bits per heavy atom. The molecule has 0 radical (unpaired) electrons. The quantitative estimate of drug-likeness (QED) is 0.648. The van der Waals surface area contributed by atoms with Crippen LogP contribution in [0.3, 0.4) is 0 Å². The summed E-state index contributed by atoms with van der Waals surface area (Å²) in [5, 5.41) is 2.57. The number of ether oxygens (including phenoxy) is 1. The molecular formula is C13H14N2O4. The molecule has 1 fully saturated rings. The fourth-order valence-electron chi connectivity index (χ4n) is 1.85. The van der Waals surface area contributed by atoms with Crippen LogP contribution in [0.25, 0.3) is 0 Å². The van der Waals surface area contributed by atoms with Gasteiger partial charge in [0.2, 0.25) is 5.91 Å². The molecule has 1 N–H and O–H groups in total. The van der Waals surface area contributed by atoms with Gasteiger partial charge >= 0.3 is 12.0 Å². The van der Waals surface area contributed by atoms with Gasteiger partial charge in [0.05, 0.1) is 5.92 Å². The summed E-state index contributed by atoms with van der Waals surface area (Å²) in [6.45, 7) is 2.85. The van der Waals surface area contributed by atoms with Crippen LogP contribution in [0.1, 0.15) is 13.8 Å². The zero-order valence-corrected chi connectivity index (χ0v) is 10.6. The molecule has 19 heavy (non-hydrogen) atoms. The Hall–Kier alpha value is -2.37. The number of likely N-dealkylation sites (tertiary alicyclic amines) is 1. The van der Waals surface area contributed by atoms with Gasteiger partial charge in [-0.2, -0.15) is 0 Å². The number of hydrogen-bond acceptors (Lipinski definition) is 4. The number of anilines is 1. The minimum absolute atomic E-state index is 0.361. The van der Waals surface area contributed by atoms with E-state index in [1.165, 1.54) is 6.92 Å². The molecule has 6 nitrogen and oxygen atoms in total. The first-order valence-electron chi connectivity index (χ1n) is 5.87. The fourth-order valence-corrected chi connectivity index (χ4v) is 1.85. The van der Waals surface area contributed by atoms with Crippen LogP contribution >= 0.6 is 0 Å². The molecular weight excluding hydrogens is 248 g/mol. The molecule has 6 heteroatoms. The largest absolute Gasteiger partial charge is 0.440 e. The van der Waals surface area contributed by atoms with Gasteiger partial charge in [0.1, 0.15) is 0 Å². The van der Waals surface area contributed by atoms with Gasteiger partial charge in [0.15, 0.2) is 6.23 Å². The summed E-state index contributed by atoms with van der Waals surface area (Å²) in [7, 11) is 0. The maximum atomic E-state index is 11.9. The normalized spacial score (nSPS) is 21.6. The van der Waals surface area contributed by atoms with Crippen molar-refractivity contribution >= 4 is 23.6 Å². The molecule has 1 saturated heterocycles. The number of carbonyl (C=O) groups excluding carboxylic acids is 3. The minimum Gasteiger partial charge on any atom is -0.440 e. The topological polar surface area (TPSA) is 75.7 Å². The molecule has 1 aliphatic heterocycles. The van der Waals surface area contributed by atoms with E-state index in [0.717, 1.165) is 4.90 Å². The first-order valence-corrected chi connectivity index (χ1v) is 5.87. The van der Waals surface area contributed by atoms with E-state index in [4.69, 9.17) is 4.74 Å². The number of hydrogen-bond donors (Lipinski definition) is 1. The lowest BCUT2D eigenvalue weighted by atomic mass is 9.99. The van der Waals surface area contributed by atoms with Crippen LogP contribution in [0.4, 0.5) is 10.5 Å². The second-order valence-corrected chi connectivity index (χ2v) is 4.29. The summed E-state index contributed by atoms with van der Waals surface area (Å²) in [6, 6.07) is 8.15. The minimum atomic E-state index is -0.825. The van der Waals surface area contributed by atoms with Crippen LogP contribution in [-0.2, 0) is 14.3 Å². The molecule has 3 amide bonds. The third-order valence-corrected chi connectivity index (χ3v) is 2.84. The van der Waals surface area contributed by atoms with E-state index in [1.54, 1.807) is 31.2 Å². The molecule has 1 aliphatic rings. The SMILES string of the molecule is CC(=O)O[C@@H]1[C@H](C)C(=O)N1C(=O)Nc1ccccc1. The summed E-state index contributed by atoms with van der Waals surface area (Å²) in [6.07, 6.45) is -0.825. The van der Waals surface area contributed by atoms with Crippen LogP contribution in [0, 0.1) is 5.92 Å². The van der Waals surface area contributed by atoms with E-state index >= 15 is 0 Å². The van der Waals surface area contributed by atoms with Crippen LogP contribution in [-0.4, -0.2) is 29.0 Å². The second kappa shape index (κ2) is 5.09. The monoisotopic (exact) mass is 262 g/mol. The molecule has 0 spiro atoms. The highest BCUT2D eigenvalue weighted by molar-refractivity contribution is 6.06. The van der Waals surface area contributed by atoms with Gasteiger partial charge in [-0.1, -0.05) is 18.2 Å². The zero-order chi connectivity index (χ0) is 14.0. The smallest absolute Gasteiger partial charge is 0.331 e. The van der Waals surface area contributed by atoms with Crippen LogP contribution in [0.5, 0.6) is 0 Å². The van der Waals surface area contributed by atoms with Crippen molar-refractivity contribution in [2.75, 3.05) is 5.32 Å². The highest BCUT2D eigenvalue weighted by Crippen LogP contribution is 2.28. The van der Waals surface area contributed by atoms with E-state index in [0.29, 0.717) is 5.69 Å². The van der Waals surface area contributed by atoms with E-state index < -0.39 is 24.1 Å². The highest BCUT2D eigenvalue weighted by Gasteiger charge is 2.50. The molecule has 0 aliphatic carbocycles. The number of para-hydroxylation sites is 1. The van der Waals surface area contributed by atoms with E-state index in [-0.39, 0.29) is 5.91 Å². The number of carbonyl (C=O) groups is 3. The van der Waals surface area contributed by atoms with Crippen molar-refractivity contribution in [3.8, 4) is 0 Å². The molecule has 0 saturated carbocycles. The maximum Gasteiger partial charge on any atom is 0.331 e. The number of nitrogens with one attached hydrogen (secondary N) is 1. The lowest BCUT2D eigenvalue weighted by Gasteiger charge is -2.42. The van der Waals surface area contributed by atoms with Gasteiger partial charge in [-0.25, -0.2) is 9.69 Å². The summed E-state index contributed by atoms with van der Waals surface area (Å²) in [4.78, 5) is 35.5. The van der Waals surface area contributed by atoms with Crippen molar-refractivity contribution in [3.05, 3.63) is 30.3 Å². The van der Waals surface area contributed by atoms with Crippen molar-refractivity contribution in [1.82, 2.24) is 4.90 Å². The molecule has 1 aromatic rings. The summed E-state index contributed by atoms with van der Waals surface area (Å²) in [5.74, 6) is -1.38.